The zero-order valence-corrected chi connectivity index (χ0v) is 10.6. The number of carbonyl (C=O) groups is 1. The molecule has 0 radical (unpaired) electrons. The van der Waals surface area contributed by atoms with Crippen molar-refractivity contribution in [1.29, 1.82) is 0 Å². The molecule has 1 atom stereocenters. The minimum absolute atomic E-state index is 0.111. The molecule has 1 aromatic heterocycles. The van der Waals surface area contributed by atoms with Crippen molar-refractivity contribution in [3.63, 3.8) is 0 Å². The predicted molar refractivity (Wildman–Crippen MR) is 66.8 cm³/mol. The van der Waals surface area contributed by atoms with Crippen molar-refractivity contribution >= 4 is 11.6 Å². The van der Waals surface area contributed by atoms with Crippen molar-refractivity contribution < 1.29 is 19.9 Å². The van der Waals surface area contributed by atoms with E-state index < -0.39 is 23.5 Å². The number of nitrogens with zero attached hydrogens (tertiary/aromatic N) is 2. The summed E-state index contributed by atoms with van der Waals surface area (Å²) in [6.45, 7) is 1.80. The first kappa shape index (κ1) is 15.1. The maximum atomic E-state index is 11.8. The Morgan fingerprint density at radius 3 is 2.84 bits per heavy atom. The van der Waals surface area contributed by atoms with Crippen molar-refractivity contribution in [2.24, 2.45) is 0 Å². The summed E-state index contributed by atoms with van der Waals surface area (Å²) in [5.41, 5.74) is 0.0139. The summed E-state index contributed by atoms with van der Waals surface area (Å²) >= 11 is 0. The Hall–Kier alpha value is -1.93. The van der Waals surface area contributed by atoms with Gasteiger partial charge in [-0.2, -0.15) is 0 Å². The van der Waals surface area contributed by atoms with E-state index in [9.17, 15) is 14.9 Å². The van der Waals surface area contributed by atoms with E-state index in [1.807, 2.05) is 6.92 Å². The molecule has 1 unspecified atom stereocenters. The molecular formula is C11H17N3O5. The van der Waals surface area contributed by atoms with Gasteiger partial charge in [0.15, 0.2) is 0 Å². The Morgan fingerprint density at radius 1 is 1.63 bits per heavy atom. The van der Waals surface area contributed by atoms with Gasteiger partial charge < -0.3 is 20.1 Å². The van der Waals surface area contributed by atoms with E-state index in [2.05, 4.69) is 5.32 Å². The van der Waals surface area contributed by atoms with Crippen LogP contribution in [0.1, 0.15) is 23.8 Å². The largest absolute Gasteiger partial charge is 0.394 e. The van der Waals surface area contributed by atoms with Crippen LogP contribution in [-0.4, -0.2) is 44.9 Å². The van der Waals surface area contributed by atoms with Gasteiger partial charge in [-0.15, -0.1) is 0 Å². The second-order valence-electron chi connectivity index (χ2n) is 4.08. The third kappa shape index (κ3) is 4.04. The third-order valence-electron chi connectivity index (χ3n) is 2.50. The molecule has 8 heteroatoms. The minimum Gasteiger partial charge on any atom is -0.394 e. The number of hydrogen-bond acceptors (Lipinski definition) is 5. The van der Waals surface area contributed by atoms with Crippen LogP contribution >= 0.6 is 0 Å². The van der Waals surface area contributed by atoms with Crippen molar-refractivity contribution in [3.8, 4) is 0 Å². The van der Waals surface area contributed by atoms with Gasteiger partial charge >= 0.3 is 0 Å². The summed E-state index contributed by atoms with van der Waals surface area (Å²) in [5, 5.41) is 30.9. The van der Waals surface area contributed by atoms with Crippen LogP contribution in [0.4, 0.5) is 5.69 Å². The van der Waals surface area contributed by atoms with Crippen LogP contribution in [0.5, 0.6) is 0 Å². The summed E-state index contributed by atoms with van der Waals surface area (Å²) in [7, 11) is 0. The van der Waals surface area contributed by atoms with Gasteiger partial charge in [-0.25, -0.2) is 0 Å². The predicted octanol–water partition coefficient (Wildman–Crippen LogP) is -0.111. The molecular weight excluding hydrogens is 254 g/mol. The molecule has 8 nitrogen and oxygen atoms in total. The summed E-state index contributed by atoms with van der Waals surface area (Å²) < 4.78 is 1.50. The van der Waals surface area contributed by atoms with Crippen LogP contribution in [-0.2, 0) is 6.54 Å². The van der Waals surface area contributed by atoms with Crippen LogP contribution < -0.4 is 5.32 Å². The normalized spacial score (nSPS) is 12.2. The number of aliphatic hydroxyl groups is 2. The Bertz CT molecular complexity index is 457. The maximum Gasteiger partial charge on any atom is 0.287 e. The monoisotopic (exact) mass is 271 g/mol. The molecule has 19 heavy (non-hydrogen) atoms. The van der Waals surface area contributed by atoms with Gasteiger partial charge in [-0.05, 0) is 6.42 Å². The number of nitrogens with one attached hydrogen (secondary N) is 1. The molecule has 0 spiro atoms. The first-order valence-electron chi connectivity index (χ1n) is 5.91. The highest BCUT2D eigenvalue weighted by Crippen LogP contribution is 2.16. The number of aryl methyl sites for hydroxylation is 1. The Balaban J connectivity index is 2.84. The average molecular weight is 271 g/mol. The average Bonchev–Trinajstić information content (AvgIpc) is 2.80. The van der Waals surface area contributed by atoms with E-state index in [1.54, 1.807) is 0 Å². The Kier molecular flexibility index (Phi) is 5.46. The molecule has 1 aromatic rings. The van der Waals surface area contributed by atoms with E-state index in [-0.39, 0.29) is 17.9 Å². The molecule has 0 aromatic carbocycles. The highest BCUT2D eigenvalue weighted by Gasteiger charge is 2.19. The zero-order chi connectivity index (χ0) is 14.4. The van der Waals surface area contributed by atoms with Crippen LogP contribution in [0.2, 0.25) is 0 Å². The van der Waals surface area contributed by atoms with Crippen molar-refractivity contribution in [2.45, 2.75) is 26.0 Å². The van der Waals surface area contributed by atoms with Crippen LogP contribution in [0.15, 0.2) is 12.3 Å². The molecule has 106 valence electrons. The number of hydrogen-bond donors (Lipinski definition) is 3. The fraction of sp³-hybridized carbons (Fsp3) is 0.545. The number of nitro groups is 1. The Morgan fingerprint density at radius 2 is 2.32 bits per heavy atom. The lowest BCUT2D eigenvalue weighted by atomic mass is 10.3. The first-order valence-corrected chi connectivity index (χ1v) is 5.91. The van der Waals surface area contributed by atoms with E-state index in [4.69, 9.17) is 10.2 Å². The molecule has 1 amide bonds. The molecule has 1 rings (SSSR count). The van der Waals surface area contributed by atoms with E-state index in [0.717, 1.165) is 6.42 Å². The van der Waals surface area contributed by atoms with Crippen LogP contribution in [0.3, 0.4) is 0 Å². The van der Waals surface area contributed by atoms with Gasteiger partial charge in [0.1, 0.15) is 5.69 Å². The number of carbonyl (C=O) groups excluding carboxylic acids is 1. The lowest BCUT2D eigenvalue weighted by Gasteiger charge is -2.10. The van der Waals surface area contributed by atoms with Gasteiger partial charge in [0.25, 0.3) is 11.6 Å². The number of aromatic nitrogens is 1. The first-order chi connectivity index (χ1) is 8.99. The zero-order valence-electron chi connectivity index (χ0n) is 10.6. The molecule has 1 heterocycles. The highest BCUT2D eigenvalue weighted by molar-refractivity contribution is 5.93. The third-order valence-corrected chi connectivity index (χ3v) is 2.50. The number of amides is 1. The molecule has 0 aliphatic carbocycles. The lowest BCUT2D eigenvalue weighted by molar-refractivity contribution is -0.384. The minimum atomic E-state index is -1.05. The van der Waals surface area contributed by atoms with Crippen molar-refractivity contribution in [3.05, 3.63) is 28.1 Å². The number of rotatable bonds is 7. The molecule has 0 fully saturated rings. The Labute approximate surface area is 109 Å². The van der Waals surface area contributed by atoms with Gasteiger partial charge in [-0.3, -0.25) is 14.9 Å². The van der Waals surface area contributed by atoms with Gasteiger partial charge in [0, 0.05) is 19.2 Å². The van der Waals surface area contributed by atoms with E-state index in [1.165, 1.54) is 16.8 Å². The van der Waals surface area contributed by atoms with Gasteiger partial charge in [0.2, 0.25) is 0 Å². The van der Waals surface area contributed by atoms with Gasteiger partial charge in [0.05, 0.1) is 23.8 Å². The van der Waals surface area contributed by atoms with E-state index in [0.29, 0.717) is 6.54 Å². The van der Waals surface area contributed by atoms with Crippen molar-refractivity contribution in [2.75, 3.05) is 13.2 Å². The lowest BCUT2D eigenvalue weighted by Crippen LogP contribution is -2.34. The quantitative estimate of drug-likeness (QED) is 0.472. The van der Waals surface area contributed by atoms with Crippen LogP contribution in [0, 0.1) is 10.1 Å². The number of aliphatic hydroxyl groups excluding tert-OH is 2. The second-order valence-corrected chi connectivity index (χ2v) is 4.08. The van der Waals surface area contributed by atoms with Crippen molar-refractivity contribution in [1.82, 2.24) is 9.88 Å². The summed E-state index contributed by atoms with van der Waals surface area (Å²) in [5.74, 6) is -0.519. The van der Waals surface area contributed by atoms with Crippen LogP contribution in [0.25, 0.3) is 0 Å². The standard InChI is InChI=1S/C11H17N3O5/c1-2-3-13-6-8(14(18)19)4-10(13)11(17)12-5-9(16)7-15/h4,6,9,15-16H,2-3,5,7H2,1H3,(H,12,17). The summed E-state index contributed by atoms with van der Waals surface area (Å²) in [6.07, 6.45) is 0.986. The second kappa shape index (κ2) is 6.86. The maximum absolute atomic E-state index is 11.8. The molecule has 0 saturated carbocycles. The molecule has 3 N–H and O–H groups in total. The van der Waals surface area contributed by atoms with E-state index >= 15 is 0 Å². The topological polar surface area (TPSA) is 118 Å². The fourth-order valence-corrected chi connectivity index (χ4v) is 1.58. The van der Waals surface area contributed by atoms with Gasteiger partial charge in [-0.1, -0.05) is 6.92 Å². The molecule has 0 aliphatic rings. The fourth-order valence-electron chi connectivity index (χ4n) is 1.58. The SMILES string of the molecule is CCCn1cc([N+](=O)[O-])cc1C(=O)NCC(O)CO. The summed E-state index contributed by atoms with van der Waals surface area (Å²) in [4.78, 5) is 22.0. The molecule has 0 bridgehead atoms. The molecule has 0 aliphatic heterocycles. The highest BCUT2D eigenvalue weighted by atomic mass is 16.6. The summed E-state index contributed by atoms with van der Waals surface area (Å²) in [6, 6.07) is 1.19. The smallest absolute Gasteiger partial charge is 0.287 e. The molecule has 0 saturated heterocycles.